The summed E-state index contributed by atoms with van der Waals surface area (Å²) in [6.45, 7) is 3.26. The lowest BCUT2D eigenvalue weighted by atomic mass is 9.97. The third kappa shape index (κ3) is 4.41. The molecule has 0 aliphatic carbocycles. The van der Waals surface area contributed by atoms with Gasteiger partial charge in [0.25, 0.3) is 5.91 Å². The van der Waals surface area contributed by atoms with Gasteiger partial charge in [0.1, 0.15) is 0 Å². The summed E-state index contributed by atoms with van der Waals surface area (Å²) in [6, 6.07) is 10.9. The Labute approximate surface area is 149 Å². The molecule has 2 aromatic carbocycles. The second-order valence-corrected chi connectivity index (χ2v) is 6.11. The standard InChI is InChI=1S/C19H19F3N2O2/c1-12(2)24(11-17(23)25)18(26)16-6-4-3-5-15(16)13-7-9-14(10-8-13)19(20,21)22/h3-10,12H,11H2,1-2H3,(H2,23,25). The topological polar surface area (TPSA) is 63.4 Å². The molecule has 0 radical (unpaired) electrons. The average molecular weight is 364 g/mol. The van der Waals surface area contributed by atoms with Crippen molar-refractivity contribution in [3.8, 4) is 11.1 Å². The average Bonchev–Trinajstić information content (AvgIpc) is 2.58. The Hall–Kier alpha value is -2.83. The summed E-state index contributed by atoms with van der Waals surface area (Å²) in [5.41, 5.74) is 5.71. The SMILES string of the molecule is CC(C)N(CC(N)=O)C(=O)c1ccccc1-c1ccc(C(F)(F)F)cc1. The van der Waals surface area contributed by atoms with Crippen molar-refractivity contribution < 1.29 is 22.8 Å². The van der Waals surface area contributed by atoms with E-state index in [2.05, 4.69) is 0 Å². The molecule has 0 aromatic heterocycles. The third-order valence-corrected chi connectivity index (χ3v) is 3.89. The number of primary amides is 1. The zero-order valence-corrected chi connectivity index (χ0v) is 14.4. The fourth-order valence-corrected chi connectivity index (χ4v) is 2.57. The van der Waals surface area contributed by atoms with Crippen molar-refractivity contribution in [1.82, 2.24) is 4.90 Å². The summed E-state index contributed by atoms with van der Waals surface area (Å²) in [5.74, 6) is -1.05. The first kappa shape index (κ1) is 19.5. The first-order valence-electron chi connectivity index (χ1n) is 7.97. The van der Waals surface area contributed by atoms with Crippen LogP contribution in [0.5, 0.6) is 0 Å². The zero-order chi connectivity index (χ0) is 19.5. The molecule has 0 bridgehead atoms. The number of halogens is 3. The molecule has 0 aliphatic rings. The van der Waals surface area contributed by atoms with Crippen molar-refractivity contribution in [3.63, 3.8) is 0 Å². The molecule has 0 saturated heterocycles. The number of benzene rings is 2. The lowest BCUT2D eigenvalue weighted by molar-refractivity contribution is -0.137. The maximum atomic E-state index is 12.9. The fraction of sp³-hybridized carbons (Fsp3) is 0.263. The van der Waals surface area contributed by atoms with Gasteiger partial charge in [0.2, 0.25) is 5.91 Å². The van der Waals surface area contributed by atoms with Gasteiger partial charge in [-0.1, -0.05) is 30.3 Å². The minimum absolute atomic E-state index is 0.238. The van der Waals surface area contributed by atoms with Gasteiger partial charge in [-0.05, 0) is 43.2 Å². The Morgan fingerprint density at radius 3 is 2.12 bits per heavy atom. The quantitative estimate of drug-likeness (QED) is 0.879. The van der Waals surface area contributed by atoms with E-state index in [-0.39, 0.29) is 12.6 Å². The molecule has 4 nitrogen and oxygen atoms in total. The summed E-state index contributed by atoms with van der Waals surface area (Å²) in [7, 11) is 0. The largest absolute Gasteiger partial charge is 0.416 e. The van der Waals surface area contributed by atoms with Crippen LogP contribution in [0.25, 0.3) is 11.1 Å². The van der Waals surface area contributed by atoms with Crippen LogP contribution in [-0.4, -0.2) is 29.3 Å². The molecule has 2 aromatic rings. The van der Waals surface area contributed by atoms with Crippen LogP contribution in [0.2, 0.25) is 0 Å². The summed E-state index contributed by atoms with van der Waals surface area (Å²) >= 11 is 0. The van der Waals surface area contributed by atoms with Gasteiger partial charge >= 0.3 is 6.18 Å². The molecule has 138 valence electrons. The Kier molecular flexibility index (Phi) is 5.69. The number of alkyl halides is 3. The lowest BCUT2D eigenvalue weighted by Gasteiger charge is -2.26. The number of amides is 2. The molecule has 2 rings (SSSR count). The van der Waals surface area contributed by atoms with Crippen molar-refractivity contribution in [2.75, 3.05) is 6.54 Å². The molecule has 26 heavy (non-hydrogen) atoms. The van der Waals surface area contributed by atoms with Gasteiger partial charge in [0.15, 0.2) is 0 Å². The minimum atomic E-state index is -4.43. The van der Waals surface area contributed by atoms with Crippen LogP contribution in [0.1, 0.15) is 29.8 Å². The van der Waals surface area contributed by atoms with Gasteiger partial charge < -0.3 is 10.6 Å². The molecular weight excluding hydrogens is 345 g/mol. The lowest BCUT2D eigenvalue weighted by Crippen LogP contribution is -2.42. The molecule has 0 aliphatic heterocycles. The number of nitrogens with two attached hydrogens (primary N) is 1. The third-order valence-electron chi connectivity index (χ3n) is 3.89. The molecule has 0 atom stereocenters. The first-order valence-corrected chi connectivity index (χ1v) is 7.97. The fourth-order valence-electron chi connectivity index (χ4n) is 2.57. The number of nitrogens with zero attached hydrogens (tertiary/aromatic N) is 1. The normalized spacial score (nSPS) is 11.5. The molecule has 2 N–H and O–H groups in total. The maximum absolute atomic E-state index is 12.9. The van der Waals surface area contributed by atoms with Gasteiger partial charge in [-0.15, -0.1) is 0 Å². The van der Waals surface area contributed by atoms with Crippen molar-refractivity contribution in [3.05, 3.63) is 59.7 Å². The highest BCUT2D eigenvalue weighted by Gasteiger charge is 2.30. The molecule has 0 fully saturated rings. The summed E-state index contributed by atoms with van der Waals surface area (Å²) < 4.78 is 38.2. The predicted octanol–water partition coefficient (Wildman–Crippen LogP) is 3.71. The van der Waals surface area contributed by atoms with Crippen LogP contribution in [0, 0.1) is 0 Å². The molecular formula is C19H19F3N2O2. The van der Waals surface area contributed by atoms with E-state index in [1.807, 2.05) is 0 Å². The zero-order valence-electron chi connectivity index (χ0n) is 14.4. The van der Waals surface area contributed by atoms with E-state index in [1.54, 1.807) is 38.1 Å². The van der Waals surface area contributed by atoms with E-state index < -0.39 is 23.6 Å². The van der Waals surface area contributed by atoms with Gasteiger partial charge in [0.05, 0.1) is 12.1 Å². The number of hydrogen-bond acceptors (Lipinski definition) is 2. The maximum Gasteiger partial charge on any atom is 0.416 e. The van der Waals surface area contributed by atoms with Crippen LogP contribution in [0.4, 0.5) is 13.2 Å². The predicted molar refractivity (Wildman–Crippen MR) is 92.2 cm³/mol. The van der Waals surface area contributed by atoms with Crippen LogP contribution in [0.15, 0.2) is 48.5 Å². The number of carbonyl (C=O) groups is 2. The van der Waals surface area contributed by atoms with Crippen molar-refractivity contribution >= 4 is 11.8 Å². The van der Waals surface area contributed by atoms with Crippen LogP contribution >= 0.6 is 0 Å². The van der Waals surface area contributed by atoms with E-state index in [4.69, 9.17) is 5.73 Å². The van der Waals surface area contributed by atoms with E-state index >= 15 is 0 Å². The van der Waals surface area contributed by atoms with E-state index in [9.17, 15) is 22.8 Å². The van der Waals surface area contributed by atoms with Crippen molar-refractivity contribution in [1.29, 1.82) is 0 Å². The summed E-state index contributed by atoms with van der Waals surface area (Å²) in [6.07, 6.45) is -4.43. The van der Waals surface area contributed by atoms with Gasteiger partial charge in [0, 0.05) is 11.6 Å². The molecule has 0 heterocycles. The van der Waals surface area contributed by atoms with Crippen molar-refractivity contribution in [2.45, 2.75) is 26.1 Å². The number of hydrogen-bond donors (Lipinski definition) is 1. The second-order valence-electron chi connectivity index (χ2n) is 6.11. The Morgan fingerprint density at radius 2 is 1.62 bits per heavy atom. The number of rotatable bonds is 5. The summed E-state index contributed by atoms with van der Waals surface area (Å²) in [5, 5.41) is 0. The molecule has 7 heteroatoms. The van der Waals surface area contributed by atoms with Crippen LogP contribution in [-0.2, 0) is 11.0 Å². The number of carbonyl (C=O) groups excluding carboxylic acids is 2. The van der Waals surface area contributed by atoms with Gasteiger partial charge in [-0.2, -0.15) is 13.2 Å². The highest BCUT2D eigenvalue weighted by atomic mass is 19.4. The van der Waals surface area contributed by atoms with Gasteiger partial charge in [-0.25, -0.2) is 0 Å². The first-order chi connectivity index (χ1) is 12.1. The monoisotopic (exact) mass is 364 g/mol. The van der Waals surface area contributed by atoms with E-state index in [0.29, 0.717) is 16.7 Å². The van der Waals surface area contributed by atoms with E-state index in [1.165, 1.54) is 17.0 Å². The Balaban J connectivity index is 2.44. The smallest absolute Gasteiger partial charge is 0.368 e. The van der Waals surface area contributed by atoms with Crippen molar-refractivity contribution in [2.24, 2.45) is 5.73 Å². The molecule has 0 unspecified atom stereocenters. The highest BCUT2D eigenvalue weighted by molar-refractivity contribution is 6.02. The van der Waals surface area contributed by atoms with E-state index in [0.717, 1.165) is 12.1 Å². The molecule has 2 amide bonds. The second kappa shape index (κ2) is 7.59. The molecule has 0 saturated carbocycles. The van der Waals surface area contributed by atoms with Crippen LogP contribution in [0.3, 0.4) is 0 Å². The Morgan fingerprint density at radius 1 is 1.04 bits per heavy atom. The molecule has 0 spiro atoms. The highest BCUT2D eigenvalue weighted by Crippen LogP contribution is 2.32. The summed E-state index contributed by atoms with van der Waals surface area (Å²) in [4.78, 5) is 25.5. The van der Waals surface area contributed by atoms with Gasteiger partial charge in [-0.3, -0.25) is 9.59 Å². The minimum Gasteiger partial charge on any atom is -0.368 e. The van der Waals surface area contributed by atoms with Crippen LogP contribution < -0.4 is 5.73 Å². The Bertz CT molecular complexity index is 799.